The molecule has 1 unspecified atom stereocenters. The molecule has 0 fully saturated rings. The van der Waals surface area contributed by atoms with E-state index >= 15 is 0 Å². The van der Waals surface area contributed by atoms with E-state index in [2.05, 4.69) is 16.7 Å². The Morgan fingerprint density at radius 2 is 1.67 bits per heavy atom. The van der Waals surface area contributed by atoms with Crippen molar-refractivity contribution in [3.05, 3.63) is 59.2 Å². The number of aryl methyl sites for hydroxylation is 2. The number of nitrogens with one attached hydrogen (secondary N) is 2. The maximum absolute atomic E-state index is 12.7. The fourth-order valence-corrected chi connectivity index (χ4v) is 2.83. The van der Waals surface area contributed by atoms with Gasteiger partial charge in [0.05, 0.1) is 11.3 Å². The molecule has 0 aromatic heterocycles. The van der Waals surface area contributed by atoms with Crippen LogP contribution in [-0.4, -0.2) is 24.0 Å². The number of hydrogen-bond acceptors (Lipinski definition) is 3. The number of amides is 2. The van der Waals surface area contributed by atoms with Crippen LogP contribution in [0.1, 0.15) is 48.7 Å². The van der Waals surface area contributed by atoms with Crippen LogP contribution < -0.4 is 15.4 Å². The fraction of sp³-hybridized carbons (Fsp3) is 0.364. The number of para-hydroxylation sites is 1. The van der Waals surface area contributed by atoms with Gasteiger partial charge in [0.15, 0.2) is 6.10 Å². The van der Waals surface area contributed by atoms with Crippen molar-refractivity contribution in [3.63, 3.8) is 0 Å². The molecule has 5 heteroatoms. The van der Waals surface area contributed by atoms with E-state index in [1.165, 1.54) is 0 Å². The van der Waals surface area contributed by atoms with Crippen LogP contribution in [-0.2, 0) is 4.79 Å². The zero-order valence-electron chi connectivity index (χ0n) is 16.6. The molecule has 5 nitrogen and oxygen atoms in total. The fourth-order valence-electron chi connectivity index (χ4n) is 2.83. The van der Waals surface area contributed by atoms with E-state index in [4.69, 9.17) is 4.74 Å². The lowest BCUT2D eigenvalue weighted by Crippen LogP contribution is -2.34. The number of ether oxygens (including phenoxy) is 1. The number of carbonyl (C=O) groups excluding carboxylic acids is 2. The van der Waals surface area contributed by atoms with Crippen molar-refractivity contribution in [2.75, 3.05) is 5.32 Å². The second kappa shape index (κ2) is 9.21. The molecule has 2 N–H and O–H groups in total. The molecular formula is C22H28N2O3. The number of rotatable bonds is 7. The van der Waals surface area contributed by atoms with Gasteiger partial charge >= 0.3 is 0 Å². The Morgan fingerprint density at radius 3 is 2.26 bits per heavy atom. The molecule has 2 rings (SSSR count). The number of benzene rings is 2. The molecule has 0 bridgehead atoms. The Balaban J connectivity index is 2.16. The Kier molecular flexibility index (Phi) is 6.99. The minimum absolute atomic E-state index is 0.0116. The van der Waals surface area contributed by atoms with Crippen LogP contribution in [0.5, 0.6) is 5.75 Å². The van der Waals surface area contributed by atoms with Gasteiger partial charge in [0.2, 0.25) is 0 Å². The summed E-state index contributed by atoms with van der Waals surface area (Å²) in [6.07, 6.45) is -0.133. The van der Waals surface area contributed by atoms with Gasteiger partial charge in [0, 0.05) is 6.04 Å². The first-order chi connectivity index (χ1) is 12.8. The SMILES string of the molecule is CCC(Oc1cc(C)cc(C)c1)C(=O)Nc1ccccc1C(=O)NC(C)C. The second-order valence-corrected chi connectivity index (χ2v) is 7.00. The molecule has 27 heavy (non-hydrogen) atoms. The molecule has 0 aliphatic heterocycles. The monoisotopic (exact) mass is 368 g/mol. The quantitative estimate of drug-likeness (QED) is 0.768. The lowest BCUT2D eigenvalue weighted by Gasteiger charge is -2.19. The van der Waals surface area contributed by atoms with Crippen LogP contribution in [0, 0.1) is 13.8 Å². The molecule has 2 aromatic carbocycles. The van der Waals surface area contributed by atoms with Gasteiger partial charge in [-0.05, 0) is 69.5 Å². The molecule has 1 atom stereocenters. The van der Waals surface area contributed by atoms with Gasteiger partial charge in [-0.1, -0.05) is 25.1 Å². The standard InChI is InChI=1S/C22H28N2O3/c1-6-20(27-17-12-15(4)11-16(5)13-17)22(26)24-19-10-8-7-9-18(19)21(25)23-14(2)3/h7-14,20H,6H2,1-5H3,(H,23,25)(H,24,26). The first-order valence-corrected chi connectivity index (χ1v) is 9.25. The van der Waals surface area contributed by atoms with Crippen molar-refractivity contribution in [1.29, 1.82) is 0 Å². The topological polar surface area (TPSA) is 67.4 Å². The highest BCUT2D eigenvalue weighted by molar-refractivity contribution is 6.04. The minimum atomic E-state index is -0.646. The van der Waals surface area contributed by atoms with E-state index in [-0.39, 0.29) is 17.9 Å². The predicted molar refractivity (Wildman–Crippen MR) is 108 cm³/mol. The van der Waals surface area contributed by atoms with Crippen LogP contribution >= 0.6 is 0 Å². The highest BCUT2D eigenvalue weighted by Crippen LogP contribution is 2.20. The Morgan fingerprint density at radius 1 is 1.04 bits per heavy atom. The third-order valence-corrected chi connectivity index (χ3v) is 3.99. The first kappa shape index (κ1) is 20.5. The first-order valence-electron chi connectivity index (χ1n) is 9.25. The Hall–Kier alpha value is -2.82. The summed E-state index contributed by atoms with van der Waals surface area (Å²) in [6.45, 7) is 9.66. The summed E-state index contributed by atoms with van der Waals surface area (Å²) in [5.41, 5.74) is 3.07. The normalized spacial score (nSPS) is 11.8. The molecule has 0 spiro atoms. The molecule has 0 radical (unpaired) electrons. The summed E-state index contributed by atoms with van der Waals surface area (Å²) in [4.78, 5) is 25.1. The van der Waals surface area contributed by atoms with Crippen molar-refractivity contribution in [3.8, 4) is 5.75 Å². The van der Waals surface area contributed by atoms with E-state index in [9.17, 15) is 9.59 Å². The number of carbonyl (C=O) groups is 2. The van der Waals surface area contributed by atoms with Crippen molar-refractivity contribution in [1.82, 2.24) is 5.32 Å². The van der Waals surface area contributed by atoms with E-state index < -0.39 is 6.10 Å². The Labute approximate surface area is 161 Å². The van der Waals surface area contributed by atoms with Gasteiger partial charge in [-0.2, -0.15) is 0 Å². The van der Waals surface area contributed by atoms with Crippen LogP contribution in [0.15, 0.2) is 42.5 Å². The van der Waals surface area contributed by atoms with Crippen LogP contribution in [0.4, 0.5) is 5.69 Å². The highest BCUT2D eigenvalue weighted by atomic mass is 16.5. The summed E-state index contributed by atoms with van der Waals surface area (Å²) in [6, 6.07) is 12.9. The summed E-state index contributed by atoms with van der Waals surface area (Å²) >= 11 is 0. The van der Waals surface area contributed by atoms with E-state index in [0.717, 1.165) is 11.1 Å². The van der Waals surface area contributed by atoms with Gasteiger partial charge in [-0.25, -0.2) is 0 Å². The summed E-state index contributed by atoms with van der Waals surface area (Å²) in [5, 5.41) is 5.69. The molecule has 0 aliphatic carbocycles. The zero-order valence-corrected chi connectivity index (χ0v) is 16.6. The molecule has 144 valence electrons. The molecule has 2 amide bonds. The van der Waals surface area contributed by atoms with Crippen LogP contribution in [0.3, 0.4) is 0 Å². The smallest absolute Gasteiger partial charge is 0.265 e. The van der Waals surface area contributed by atoms with E-state index in [0.29, 0.717) is 23.4 Å². The van der Waals surface area contributed by atoms with E-state index in [1.54, 1.807) is 24.3 Å². The maximum atomic E-state index is 12.7. The van der Waals surface area contributed by atoms with Gasteiger partial charge < -0.3 is 15.4 Å². The zero-order chi connectivity index (χ0) is 20.0. The number of hydrogen-bond donors (Lipinski definition) is 2. The predicted octanol–water partition coefficient (Wildman–Crippen LogP) is 4.24. The van der Waals surface area contributed by atoms with Gasteiger partial charge in [0.1, 0.15) is 5.75 Å². The van der Waals surface area contributed by atoms with Crippen LogP contribution in [0.2, 0.25) is 0 Å². The van der Waals surface area contributed by atoms with Gasteiger partial charge in [-0.3, -0.25) is 9.59 Å². The summed E-state index contributed by atoms with van der Waals surface area (Å²) in [5.74, 6) is 0.172. The third-order valence-electron chi connectivity index (χ3n) is 3.99. The second-order valence-electron chi connectivity index (χ2n) is 7.00. The average molecular weight is 368 g/mol. The molecule has 2 aromatic rings. The third kappa shape index (κ3) is 5.84. The molecule has 0 aliphatic rings. The molecule has 0 heterocycles. The molecule has 0 saturated heterocycles. The van der Waals surface area contributed by atoms with Crippen LogP contribution in [0.25, 0.3) is 0 Å². The van der Waals surface area contributed by atoms with Crippen molar-refractivity contribution >= 4 is 17.5 Å². The minimum Gasteiger partial charge on any atom is -0.481 e. The average Bonchev–Trinajstić information content (AvgIpc) is 2.58. The summed E-state index contributed by atoms with van der Waals surface area (Å²) in [7, 11) is 0. The van der Waals surface area contributed by atoms with Crippen molar-refractivity contribution < 1.29 is 14.3 Å². The number of anilines is 1. The Bertz CT molecular complexity index is 795. The molecule has 0 saturated carbocycles. The van der Waals surface area contributed by atoms with Gasteiger partial charge in [0.25, 0.3) is 11.8 Å². The highest BCUT2D eigenvalue weighted by Gasteiger charge is 2.21. The molecular weight excluding hydrogens is 340 g/mol. The summed E-state index contributed by atoms with van der Waals surface area (Å²) < 4.78 is 5.91. The van der Waals surface area contributed by atoms with Crippen molar-refractivity contribution in [2.24, 2.45) is 0 Å². The lowest BCUT2D eigenvalue weighted by atomic mass is 10.1. The largest absolute Gasteiger partial charge is 0.481 e. The maximum Gasteiger partial charge on any atom is 0.265 e. The van der Waals surface area contributed by atoms with Gasteiger partial charge in [-0.15, -0.1) is 0 Å². The van der Waals surface area contributed by atoms with Crippen molar-refractivity contribution in [2.45, 2.75) is 53.2 Å². The van der Waals surface area contributed by atoms with E-state index in [1.807, 2.05) is 46.8 Å². The lowest BCUT2D eigenvalue weighted by molar-refractivity contribution is -0.122.